The largest absolute Gasteiger partial charge is 0.384 e. The van der Waals surface area contributed by atoms with E-state index in [4.69, 9.17) is 10.5 Å². The fraction of sp³-hybridized carbons (Fsp3) is 0.167. The molecule has 0 amide bonds. The Hall–Kier alpha value is -1.53. The maximum absolute atomic E-state index is 13.3. The molecule has 0 atom stereocenters. The zero-order valence-electron chi connectivity index (χ0n) is 9.65. The van der Waals surface area contributed by atoms with E-state index in [2.05, 4.69) is 25.9 Å². The lowest BCUT2D eigenvalue weighted by Gasteiger charge is -2.06. The molecule has 94 valence electrons. The van der Waals surface area contributed by atoms with Crippen LogP contribution in [0.5, 0.6) is 0 Å². The highest BCUT2D eigenvalue weighted by atomic mass is 79.9. The Morgan fingerprint density at radius 1 is 1.28 bits per heavy atom. The molecule has 0 saturated heterocycles. The van der Waals surface area contributed by atoms with Crippen LogP contribution in [0.3, 0.4) is 0 Å². The van der Waals surface area contributed by atoms with Gasteiger partial charge in [0.05, 0.1) is 12.3 Å². The predicted molar refractivity (Wildman–Crippen MR) is 70.3 cm³/mol. The van der Waals surface area contributed by atoms with Gasteiger partial charge in [0.15, 0.2) is 5.82 Å². The fourth-order valence-electron chi connectivity index (χ4n) is 1.55. The molecule has 0 aliphatic carbocycles. The molecule has 0 bridgehead atoms. The summed E-state index contributed by atoms with van der Waals surface area (Å²) in [6.45, 7) is 0.330. The highest BCUT2D eigenvalue weighted by Crippen LogP contribution is 2.23. The van der Waals surface area contributed by atoms with Gasteiger partial charge in [-0.3, -0.25) is 0 Å². The van der Waals surface area contributed by atoms with Gasteiger partial charge in [-0.25, -0.2) is 14.4 Å². The molecule has 1 aromatic carbocycles. The number of ether oxygens (including phenoxy) is 1. The van der Waals surface area contributed by atoms with Crippen molar-refractivity contribution < 1.29 is 9.13 Å². The molecule has 4 nitrogen and oxygen atoms in total. The number of anilines is 1. The number of aromatic nitrogens is 2. The van der Waals surface area contributed by atoms with Crippen LogP contribution in [0.25, 0.3) is 11.4 Å². The van der Waals surface area contributed by atoms with Gasteiger partial charge in [-0.05, 0) is 18.2 Å². The van der Waals surface area contributed by atoms with E-state index in [1.165, 1.54) is 12.1 Å². The van der Waals surface area contributed by atoms with E-state index < -0.39 is 0 Å². The van der Waals surface area contributed by atoms with Gasteiger partial charge >= 0.3 is 0 Å². The number of rotatable bonds is 3. The van der Waals surface area contributed by atoms with Crippen LogP contribution in [-0.4, -0.2) is 17.1 Å². The smallest absolute Gasteiger partial charge is 0.161 e. The summed E-state index contributed by atoms with van der Waals surface area (Å²) in [6, 6.07) is 6.08. The van der Waals surface area contributed by atoms with Gasteiger partial charge in [-0.2, -0.15) is 0 Å². The van der Waals surface area contributed by atoms with Crippen molar-refractivity contribution in [1.82, 2.24) is 9.97 Å². The molecule has 2 rings (SSSR count). The Morgan fingerprint density at radius 3 is 2.72 bits per heavy atom. The van der Waals surface area contributed by atoms with E-state index in [1.54, 1.807) is 19.2 Å². The second-order valence-corrected chi connectivity index (χ2v) is 4.61. The van der Waals surface area contributed by atoms with Crippen molar-refractivity contribution in [2.45, 2.75) is 6.61 Å². The maximum atomic E-state index is 13.3. The molecule has 0 aliphatic heterocycles. The molecule has 1 aromatic heterocycles. The number of nitrogen functional groups attached to an aromatic ring is 1. The molecular formula is C12H11BrFN3O. The highest BCUT2D eigenvalue weighted by molar-refractivity contribution is 9.10. The molecule has 0 saturated carbocycles. The minimum atomic E-state index is -0.362. The quantitative estimate of drug-likeness (QED) is 0.947. The molecule has 1 heterocycles. The second-order valence-electron chi connectivity index (χ2n) is 3.70. The van der Waals surface area contributed by atoms with Crippen LogP contribution in [0.15, 0.2) is 28.7 Å². The number of benzene rings is 1. The van der Waals surface area contributed by atoms with Crippen molar-refractivity contribution in [2.24, 2.45) is 0 Å². The van der Waals surface area contributed by atoms with Crippen LogP contribution < -0.4 is 5.73 Å². The molecule has 0 radical (unpaired) electrons. The standard InChI is InChI=1S/C12H11BrFN3O/c1-18-6-10-5-11(15)17-12(16-10)7-2-8(13)4-9(14)3-7/h2-5H,6H2,1H3,(H2,15,16,17). The van der Waals surface area contributed by atoms with Crippen molar-refractivity contribution in [2.75, 3.05) is 12.8 Å². The van der Waals surface area contributed by atoms with E-state index in [1.807, 2.05) is 0 Å². The number of hydrogen-bond acceptors (Lipinski definition) is 4. The molecule has 0 unspecified atom stereocenters. The average molecular weight is 312 g/mol. The first kappa shape index (κ1) is 12.9. The summed E-state index contributed by atoms with van der Waals surface area (Å²) in [6.07, 6.45) is 0. The third-order valence-corrected chi connectivity index (χ3v) is 2.67. The lowest BCUT2D eigenvalue weighted by Crippen LogP contribution is -2.01. The van der Waals surface area contributed by atoms with Gasteiger partial charge < -0.3 is 10.5 Å². The first-order chi connectivity index (χ1) is 8.58. The molecule has 0 aliphatic rings. The second kappa shape index (κ2) is 5.41. The molecule has 0 spiro atoms. The van der Waals surface area contributed by atoms with Crippen molar-refractivity contribution in [3.8, 4) is 11.4 Å². The van der Waals surface area contributed by atoms with E-state index in [0.717, 1.165) is 0 Å². The van der Waals surface area contributed by atoms with Crippen molar-refractivity contribution in [3.05, 3.63) is 40.2 Å². The Kier molecular flexibility index (Phi) is 3.88. The Morgan fingerprint density at radius 2 is 2.06 bits per heavy atom. The van der Waals surface area contributed by atoms with Crippen LogP contribution in [-0.2, 0) is 11.3 Å². The average Bonchev–Trinajstić information content (AvgIpc) is 2.27. The Bertz CT molecular complexity index is 557. The van der Waals surface area contributed by atoms with E-state index in [-0.39, 0.29) is 5.82 Å². The summed E-state index contributed by atoms with van der Waals surface area (Å²) >= 11 is 3.23. The van der Waals surface area contributed by atoms with Crippen LogP contribution in [0.1, 0.15) is 5.69 Å². The third kappa shape index (κ3) is 3.02. The van der Waals surface area contributed by atoms with Gasteiger partial charge in [0.2, 0.25) is 0 Å². The Labute approximate surface area is 112 Å². The summed E-state index contributed by atoms with van der Waals surface area (Å²) in [7, 11) is 1.57. The van der Waals surface area contributed by atoms with E-state index >= 15 is 0 Å². The zero-order chi connectivity index (χ0) is 13.1. The normalized spacial score (nSPS) is 10.6. The topological polar surface area (TPSA) is 61.0 Å². The summed E-state index contributed by atoms with van der Waals surface area (Å²) < 4.78 is 18.9. The number of nitrogens with two attached hydrogens (primary N) is 1. The number of nitrogens with zero attached hydrogens (tertiary/aromatic N) is 2. The minimum Gasteiger partial charge on any atom is -0.384 e. The molecule has 2 N–H and O–H groups in total. The molecule has 2 aromatic rings. The third-order valence-electron chi connectivity index (χ3n) is 2.21. The fourth-order valence-corrected chi connectivity index (χ4v) is 2.02. The van der Waals surface area contributed by atoms with Gasteiger partial charge in [-0.15, -0.1) is 0 Å². The van der Waals surface area contributed by atoms with Crippen LogP contribution in [0.4, 0.5) is 10.2 Å². The van der Waals surface area contributed by atoms with Gasteiger partial charge in [0.1, 0.15) is 11.6 Å². The summed E-state index contributed by atoms with van der Waals surface area (Å²) in [4.78, 5) is 8.36. The maximum Gasteiger partial charge on any atom is 0.161 e. The lowest BCUT2D eigenvalue weighted by atomic mass is 10.2. The van der Waals surface area contributed by atoms with Crippen molar-refractivity contribution >= 4 is 21.7 Å². The molecule has 18 heavy (non-hydrogen) atoms. The molecular weight excluding hydrogens is 301 g/mol. The van der Waals surface area contributed by atoms with Crippen molar-refractivity contribution in [1.29, 1.82) is 0 Å². The zero-order valence-corrected chi connectivity index (χ0v) is 11.2. The first-order valence-electron chi connectivity index (χ1n) is 5.17. The van der Waals surface area contributed by atoms with Crippen molar-refractivity contribution in [3.63, 3.8) is 0 Å². The lowest BCUT2D eigenvalue weighted by molar-refractivity contribution is 0.181. The summed E-state index contributed by atoms with van der Waals surface area (Å²) in [5.41, 5.74) is 6.91. The number of methoxy groups -OCH3 is 1. The molecule has 6 heteroatoms. The van der Waals surface area contributed by atoms with Gasteiger partial charge in [0.25, 0.3) is 0 Å². The number of halogens is 2. The van der Waals surface area contributed by atoms with Crippen LogP contribution in [0.2, 0.25) is 0 Å². The van der Waals surface area contributed by atoms with Crippen LogP contribution in [0, 0.1) is 5.82 Å². The summed E-state index contributed by atoms with van der Waals surface area (Å²) in [5, 5.41) is 0. The van der Waals surface area contributed by atoms with E-state index in [0.29, 0.717) is 34.0 Å². The summed E-state index contributed by atoms with van der Waals surface area (Å²) in [5.74, 6) is 0.341. The number of hydrogen-bond donors (Lipinski definition) is 1. The first-order valence-corrected chi connectivity index (χ1v) is 5.96. The Balaban J connectivity index is 2.49. The van der Waals surface area contributed by atoms with Crippen LogP contribution >= 0.6 is 15.9 Å². The molecule has 0 fully saturated rings. The van der Waals surface area contributed by atoms with Gasteiger partial charge in [0, 0.05) is 23.2 Å². The monoisotopic (exact) mass is 311 g/mol. The predicted octanol–water partition coefficient (Wildman–Crippen LogP) is 2.77. The highest BCUT2D eigenvalue weighted by Gasteiger charge is 2.08. The SMILES string of the molecule is COCc1cc(N)nc(-c2cc(F)cc(Br)c2)n1. The van der Waals surface area contributed by atoms with E-state index in [9.17, 15) is 4.39 Å². The minimum absolute atomic E-state index is 0.326. The van der Waals surface area contributed by atoms with Gasteiger partial charge in [-0.1, -0.05) is 15.9 Å².